The molecule has 1 rings (SSSR count). The van der Waals surface area contributed by atoms with E-state index in [1.807, 2.05) is 0 Å². The predicted molar refractivity (Wildman–Crippen MR) is 61.0 cm³/mol. The van der Waals surface area contributed by atoms with Crippen molar-refractivity contribution in [2.45, 2.75) is 19.3 Å². The van der Waals surface area contributed by atoms with Crippen molar-refractivity contribution in [2.24, 2.45) is 0 Å². The molecule has 0 spiro atoms. The van der Waals surface area contributed by atoms with Gasteiger partial charge in [-0.25, -0.2) is 0 Å². The number of methoxy groups -OCH3 is 1. The van der Waals surface area contributed by atoms with Crippen molar-refractivity contribution in [3.63, 3.8) is 0 Å². The normalized spacial score (nSPS) is 10.9. The first-order valence-electron chi connectivity index (χ1n) is 4.40. The number of hydrogen-bond acceptors (Lipinski definition) is 3. The molecule has 0 radical (unpaired) electrons. The molecule has 0 atom stereocenters. The summed E-state index contributed by atoms with van der Waals surface area (Å²) in [5.41, 5.74) is 0.0890. The fourth-order valence-electron chi connectivity index (χ4n) is 1.25. The minimum absolute atomic E-state index is 0.0408. The molecule has 0 heterocycles. The van der Waals surface area contributed by atoms with Crippen molar-refractivity contribution in [3.8, 4) is 17.6 Å². The molecule has 3 nitrogen and oxygen atoms in total. The van der Waals surface area contributed by atoms with Crippen LogP contribution in [0, 0.1) is 11.3 Å². The van der Waals surface area contributed by atoms with Gasteiger partial charge >= 0.3 is 0 Å². The van der Waals surface area contributed by atoms with Gasteiger partial charge in [0.1, 0.15) is 0 Å². The van der Waals surface area contributed by atoms with Crippen LogP contribution in [0.3, 0.4) is 0 Å². The van der Waals surface area contributed by atoms with Gasteiger partial charge in [0.05, 0.1) is 18.6 Å². The van der Waals surface area contributed by atoms with Gasteiger partial charge in [-0.3, -0.25) is 0 Å². The molecule has 1 aromatic rings. The highest BCUT2D eigenvalue weighted by molar-refractivity contribution is 9.10. The van der Waals surface area contributed by atoms with Crippen molar-refractivity contribution in [3.05, 3.63) is 22.2 Å². The summed E-state index contributed by atoms with van der Waals surface area (Å²) < 4.78 is 5.72. The molecule has 1 aromatic carbocycles. The van der Waals surface area contributed by atoms with Crippen LogP contribution in [0.25, 0.3) is 0 Å². The maximum atomic E-state index is 9.62. The summed E-state index contributed by atoms with van der Waals surface area (Å²) >= 11 is 3.36. The molecular weight excluding hydrogens is 258 g/mol. The Morgan fingerprint density at radius 3 is 2.53 bits per heavy atom. The molecule has 1 N–H and O–H groups in total. The van der Waals surface area contributed by atoms with E-state index in [0.717, 1.165) is 10.0 Å². The number of halogens is 1. The fourth-order valence-corrected chi connectivity index (χ4v) is 2.06. The van der Waals surface area contributed by atoms with Crippen LogP contribution in [0.5, 0.6) is 11.5 Å². The van der Waals surface area contributed by atoms with Crippen molar-refractivity contribution >= 4 is 15.9 Å². The number of aromatic hydroxyl groups is 1. The highest BCUT2D eigenvalue weighted by atomic mass is 79.9. The van der Waals surface area contributed by atoms with Crippen LogP contribution in [0.1, 0.15) is 19.4 Å². The zero-order chi connectivity index (χ0) is 11.6. The third-order valence-electron chi connectivity index (χ3n) is 2.22. The molecule has 0 fully saturated rings. The average molecular weight is 270 g/mol. The second-order valence-electron chi connectivity index (χ2n) is 3.74. The molecule has 0 aliphatic carbocycles. The number of benzene rings is 1. The van der Waals surface area contributed by atoms with E-state index in [1.165, 1.54) is 7.11 Å². The Bertz CT molecular complexity index is 421. The first kappa shape index (κ1) is 11.9. The van der Waals surface area contributed by atoms with Crippen LogP contribution in [0.2, 0.25) is 0 Å². The van der Waals surface area contributed by atoms with Crippen LogP contribution in [0.4, 0.5) is 0 Å². The summed E-state index contributed by atoms with van der Waals surface area (Å²) in [4.78, 5) is 0. The number of phenolic OH excluding ortho intramolecular Hbond substituents is 1. The fraction of sp³-hybridized carbons (Fsp3) is 0.364. The van der Waals surface area contributed by atoms with Crippen LogP contribution in [-0.2, 0) is 5.41 Å². The first-order valence-corrected chi connectivity index (χ1v) is 5.20. The van der Waals surface area contributed by atoms with E-state index in [1.54, 1.807) is 26.0 Å². The summed E-state index contributed by atoms with van der Waals surface area (Å²) in [5, 5.41) is 18.6. The minimum atomic E-state index is -0.650. The average Bonchev–Trinajstić information content (AvgIpc) is 2.20. The largest absolute Gasteiger partial charge is 0.504 e. The van der Waals surface area contributed by atoms with Gasteiger partial charge < -0.3 is 9.84 Å². The van der Waals surface area contributed by atoms with Crippen molar-refractivity contribution in [1.29, 1.82) is 5.26 Å². The molecule has 0 aliphatic heterocycles. The second kappa shape index (κ2) is 4.11. The topological polar surface area (TPSA) is 53.2 Å². The van der Waals surface area contributed by atoms with Gasteiger partial charge in [-0.2, -0.15) is 5.26 Å². The van der Waals surface area contributed by atoms with Crippen LogP contribution in [0.15, 0.2) is 16.6 Å². The molecule has 0 amide bonds. The molecule has 0 bridgehead atoms. The first-order chi connectivity index (χ1) is 6.92. The lowest BCUT2D eigenvalue weighted by Crippen LogP contribution is -2.14. The van der Waals surface area contributed by atoms with Crippen LogP contribution >= 0.6 is 15.9 Å². The Morgan fingerprint density at radius 1 is 1.47 bits per heavy atom. The van der Waals surface area contributed by atoms with Gasteiger partial charge in [0.15, 0.2) is 11.5 Å². The van der Waals surface area contributed by atoms with E-state index in [0.29, 0.717) is 5.75 Å². The van der Waals surface area contributed by atoms with Crippen LogP contribution < -0.4 is 4.74 Å². The number of nitriles is 1. The highest BCUT2D eigenvalue weighted by Gasteiger charge is 2.24. The summed E-state index contributed by atoms with van der Waals surface area (Å²) in [6, 6.07) is 5.39. The maximum Gasteiger partial charge on any atom is 0.161 e. The summed E-state index contributed by atoms with van der Waals surface area (Å²) in [7, 11) is 1.48. The monoisotopic (exact) mass is 269 g/mol. The number of ether oxygens (including phenoxy) is 1. The third-order valence-corrected chi connectivity index (χ3v) is 2.88. The predicted octanol–water partition coefficient (Wildman–Crippen LogP) is 2.96. The molecule has 0 saturated heterocycles. The molecule has 0 unspecified atom stereocenters. The lowest BCUT2D eigenvalue weighted by Gasteiger charge is -2.18. The summed E-state index contributed by atoms with van der Waals surface area (Å²) in [6.07, 6.45) is 0. The lowest BCUT2D eigenvalue weighted by atomic mass is 9.86. The summed E-state index contributed by atoms with van der Waals surface area (Å²) in [5.74, 6) is 0.429. The van der Waals surface area contributed by atoms with Crippen molar-refractivity contribution in [2.75, 3.05) is 7.11 Å². The zero-order valence-electron chi connectivity index (χ0n) is 8.84. The minimum Gasteiger partial charge on any atom is -0.504 e. The SMILES string of the molecule is COc1cc(Br)c(C(C)(C)C#N)cc1O. The smallest absolute Gasteiger partial charge is 0.161 e. The van der Waals surface area contributed by atoms with Gasteiger partial charge in [-0.1, -0.05) is 15.9 Å². The quantitative estimate of drug-likeness (QED) is 0.898. The Kier molecular flexibility index (Phi) is 3.25. The zero-order valence-corrected chi connectivity index (χ0v) is 10.4. The highest BCUT2D eigenvalue weighted by Crippen LogP contribution is 2.37. The maximum absolute atomic E-state index is 9.62. The molecule has 4 heteroatoms. The van der Waals surface area contributed by atoms with Gasteiger partial charge in [0.25, 0.3) is 0 Å². The Labute approximate surface area is 97.4 Å². The number of phenols is 1. The van der Waals surface area contributed by atoms with Crippen molar-refractivity contribution < 1.29 is 9.84 Å². The molecule has 0 aromatic heterocycles. The van der Waals surface area contributed by atoms with Gasteiger partial charge in [-0.05, 0) is 31.5 Å². The van der Waals surface area contributed by atoms with E-state index in [2.05, 4.69) is 22.0 Å². The van der Waals surface area contributed by atoms with E-state index in [9.17, 15) is 5.11 Å². The Morgan fingerprint density at radius 2 is 2.07 bits per heavy atom. The molecule has 0 aliphatic rings. The number of hydrogen-bond donors (Lipinski definition) is 1. The lowest BCUT2D eigenvalue weighted by molar-refractivity contribution is 0.372. The molecule has 15 heavy (non-hydrogen) atoms. The standard InChI is InChI=1S/C11H12BrNO2/c1-11(2,6-13)7-4-9(14)10(15-3)5-8(7)12/h4-5,14H,1-3H3. The van der Waals surface area contributed by atoms with Crippen molar-refractivity contribution in [1.82, 2.24) is 0 Å². The molecule has 0 saturated carbocycles. The van der Waals surface area contributed by atoms with Gasteiger partial charge in [-0.15, -0.1) is 0 Å². The van der Waals surface area contributed by atoms with Gasteiger partial charge in [0, 0.05) is 4.47 Å². The van der Waals surface area contributed by atoms with E-state index in [-0.39, 0.29) is 5.75 Å². The van der Waals surface area contributed by atoms with E-state index in [4.69, 9.17) is 10.00 Å². The Balaban J connectivity index is 3.36. The summed E-state index contributed by atoms with van der Waals surface area (Å²) in [6.45, 7) is 3.58. The van der Waals surface area contributed by atoms with Gasteiger partial charge in [0.2, 0.25) is 0 Å². The number of rotatable bonds is 2. The molecule has 80 valence electrons. The molecular formula is C11H12BrNO2. The van der Waals surface area contributed by atoms with E-state index < -0.39 is 5.41 Å². The Hall–Kier alpha value is -1.21. The van der Waals surface area contributed by atoms with Crippen LogP contribution in [-0.4, -0.2) is 12.2 Å². The second-order valence-corrected chi connectivity index (χ2v) is 4.60. The number of nitrogens with zero attached hydrogens (tertiary/aromatic N) is 1. The van der Waals surface area contributed by atoms with E-state index >= 15 is 0 Å². The third kappa shape index (κ3) is 2.24.